The summed E-state index contributed by atoms with van der Waals surface area (Å²) in [6, 6.07) is 5.36. The van der Waals surface area contributed by atoms with Gasteiger partial charge < -0.3 is 15.7 Å². The molecule has 1 aromatic heterocycles. The van der Waals surface area contributed by atoms with Gasteiger partial charge in [-0.05, 0) is 37.5 Å². The highest BCUT2D eigenvalue weighted by atomic mass is 16.3. The van der Waals surface area contributed by atoms with Gasteiger partial charge in [0.2, 0.25) is 5.91 Å². The number of phenolic OH excluding ortho intramolecular Hbond substituents is 1. The lowest BCUT2D eigenvalue weighted by Crippen LogP contribution is -2.50. The number of aromatic amines is 1. The van der Waals surface area contributed by atoms with Crippen LogP contribution in [0, 0.1) is 0 Å². The molecule has 9 heteroatoms. The summed E-state index contributed by atoms with van der Waals surface area (Å²) in [5.41, 5.74) is 0.319. The monoisotopic (exact) mass is 386 g/mol. The van der Waals surface area contributed by atoms with Gasteiger partial charge in [-0.3, -0.25) is 9.59 Å². The number of benzene rings is 1. The minimum absolute atomic E-state index is 0.0103. The average molecular weight is 386 g/mol. The van der Waals surface area contributed by atoms with Crippen LogP contribution in [-0.4, -0.2) is 49.6 Å². The number of hydrogen-bond donors (Lipinski definition) is 4. The third kappa shape index (κ3) is 4.85. The number of hydrogen-bond acceptors (Lipinski definition) is 6. The number of carbonyl (C=O) groups is 2. The van der Waals surface area contributed by atoms with Crippen molar-refractivity contribution in [2.75, 3.05) is 0 Å². The summed E-state index contributed by atoms with van der Waals surface area (Å²) < 4.78 is 0. The first-order chi connectivity index (χ1) is 13.6. The van der Waals surface area contributed by atoms with Gasteiger partial charge in [0.25, 0.3) is 5.91 Å². The molecule has 0 saturated heterocycles. The minimum atomic E-state index is -0.638. The van der Waals surface area contributed by atoms with Crippen molar-refractivity contribution in [1.82, 2.24) is 31.3 Å². The minimum Gasteiger partial charge on any atom is -0.508 e. The lowest BCUT2D eigenvalue weighted by molar-refractivity contribution is -0.124. The summed E-state index contributed by atoms with van der Waals surface area (Å²) in [5.74, 6) is 0.0553. The molecular weight excluding hydrogens is 360 g/mol. The molecular formula is C19H26N6O3. The number of nitrogens with one attached hydrogen (secondary N) is 3. The predicted octanol–water partition coefficient (Wildman–Crippen LogP) is 1.65. The molecule has 3 atom stereocenters. The number of amides is 2. The molecule has 4 N–H and O–H groups in total. The number of aromatic nitrogens is 4. The van der Waals surface area contributed by atoms with Crippen LogP contribution in [0.15, 0.2) is 24.3 Å². The molecule has 1 aliphatic rings. The van der Waals surface area contributed by atoms with E-state index in [2.05, 4.69) is 31.3 Å². The predicted molar refractivity (Wildman–Crippen MR) is 102 cm³/mol. The smallest absolute Gasteiger partial charge is 0.252 e. The Morgan fingerprint density at radius 3 is 2.93 bits per heavy atom. The van der Waals surface area contributed by atoms with E-state index in [1.165, 1.54) is 12.1 Å². The highest BCUT2D eigenvalue weighted by Gasteiger charge is 2.34. The van der Waals surface area contributed by atoms with Crippen LogP contribution in [0.1, 0.15) is 67.5 Å². The number of tetrazole rings is 1. The summed E-state index contributed by atoms with van der Waals surface area (Å²) >= 11 is 0. The molecule has 1 aromatic carbocycles. The Kier molecular flexibility index (Phi) is 6.57. The Labute approximate surface area is 163 Å². The lowest BCUT2D eigenvalue weighted by atomic mass is 10.0. The van der Waals surface area contributed by atoms with Crippen molar-refractivity contribution in [3.8, 4) is 5.75 Å². The van der Waals surface area contributed by atoms with Crippen molar-refractivity contribution in [3.05, 3.63) is 35.7 Å². The standard InChI is InChI=1S/C19H26N6O3/c1-2-3-9-16(21-18(27)12-6-4-7-13(26)11-12)19(28)20-15-10-5-8-14(15)17-22-24-25-23-17/h4,6-7,11,14-16,26H,2-3,5,8-10H2,1H3,(H,20,28)(H,21,27)(H,22,23,24,25)/t14-,15+,16+/m1/s1. The van der Waals surface area contributed by atoms with Gasteiger partial charge in [-0.25, -0.2) is 0 Å². The summed E-state index contributed by atoms with van der Waals surface area (Å²) in [7, 11) is 0. The molecule has 1 aliphatic carbocycles. The van der Waals surface area contributed by atoms with Crippen LogP contribution in [0.3, 0.4) is 0 Å². The summed E-state index contributed by atoms with van der Waals surface area (Å²) in [6.07, 6.45) is 4.98. The van der Waals surface area contributed by atoms with Crippen LogP contribution in [0.25, 0.3) is 0 Å². The molecule has 2 aromatic rings. The lowest BCUT2D eigenvalue weighted by Gasteiger charge is -2.23. The van der Waals surface area contributed by atoms with Gasteiger partial charge in [0.1, 0.15) is 11.8 Å². The van der Waals surface area contributed by atoms with Crippen LogP contribution in [0.2, 0.25) is 0 Å². The number of H-pyrrole nitrogens is 1. The first kappa shape index (κ1) is 19.8. The topological polar surface area (TPSA) is 133 Å². The van der Waals surface area contributed by atoms with E-state index in [0.29, 0.717) is 17.8 Å². The number of carbonyl (C=O) groups excluding carboxylic acids is 2. The molecule has 0 spiro atoms. The SMILES string of the molecule is CCCC[C@H](NC(=O)c1cccc(O)c1)C(=O)N[C@H]1CCC[C@H]1c1nn[nH]n1. The van der Waals surface area contributed by atoms with Crippen molar-refractivity contribution in [3.63, 3.8) is 0 Å². The van der Waals surface area contributed by atoms with E-state index in [1.54, 1.807) is 12.1 Å². The van der Waals surface area contributed by atoms with Crippen LogP contribution in [0.5, 0.6) is 5.75 Å². The summed E-state index contributed by atoms with van der Waals surface area (Å²) in [4.78, 5) is 25.4. The number of unbranched alkanes of at least 4 members (excludes halogenated alkanes) is 1. The number of rotatable bonds is 8. The highest BCUT2D eigenvalue weighted by molar-refractivity contribution is 5.97. The quantitative estimate of drug-likeness (QED) is 0.545. The molecule has 0 aliphatic heterocycles. The van der Waals surface area contributed by atoms with Gasteiger partial charge in [0.15, 0.2) is 5.82 Å². The Morgan fingerprint density at radius 2 is 2.21 bits per heavy atom. The van der Waals surface area contributed by atoms with E-state index >= 15 is 0 Å². The number of nitrogens with zero attached hydrogens (tertiary/aromatic N) is 3. The van der Waals surface area contributed by atoms with Crippen LogP contribution >= 0.6 is 0 Å². The van der Waals surface area contributed by atoms with E-state index < -0.39 is 6.04 Å². The highest BCUT2D eigenvalue weighted by Crippen LogP contribution is 2.32. The van der Waals surface area contributed by atoms with Gasteiger partial charge in [-0.1, -0.05) is 37.5 Å². The molecule has 0 radical (unpaired) electrons. The van der Waals surface area contributed by atoms with E-state index in [4.69, 9.17) is 0 Å². The third-order valence-electron chi connectivity index (χ3n) is 5.11. The maximum atomic E-state index is 12.9. The fraction of sp³-hybridized carbons (Fsp3) is 0.526. The fourth-order valence-electron chi connectivity index (χ4n) is 3.62. The molecule has 0 bridgehead atoms. The maximum absolute atomic E-state index is 12.9. The second kappa shape index (κ2) is 9.29. The molecule has 9 nitrogen and oxygen atoms in total. The van der Waals surface area contributed by atoms with Gasteiger partial charge in [0.05, 0.1) is 0 Å². The largest absolute Gasteiger partial charge is 0.508 e. The Bertz CT molecular complexity index is 795. The second-order valence-corrected chi connectivity index (χ2v) is 7.14. The van der Waals surface area contributed by atoms with Gasteiger partial charge in [-0.2, -0.15) is 5.21 Å². The van der Waals surface area contributed by atoms with Gasteiger partial charge in [-0.15, -0.1) is 10.2 Å². The van der Waals surface area contributed by atoms with Crippen molar-refractivity contribution < 1.29 is 14.7 Å². The van der Waals surface area contributed by atoms with Gasteiger partial charge >= 0.3 is 0 Å². The van der Waals surface area contributed by atoms with Crippen molar-refractivity contribution in [2.24, 2.45) is 0 Å². The second-order valence-electron chi connectivity index (χ2n) is 7.14. The first-order valence-electron chi connectivity index (χ1n) is 9.72. The van der Waals surface area contributed by atoms with E-state index in [-0.39, 0.29) is 29.5 Å². The van der Waals surface area contributed by atoms with Crippen LogP contribution in [0.4, 0.5) is 0 Å². The van der Waals surface area contributed by atoms with Crippen LogP contribution < -0.4 is 10.6 Å². The van der Waals surface area contributed by atoms with Crippen molar-refractivity contribution in [2.45, 2.75) is 63.5 Å². The first-order valence-corrected chi connectivity index (χ1v) is 9.72. The summed E-state index contributed by atoms with van der Waals surface area (Å²) in [6.45, 7) is 2.04. The molecule has 1 saturated carbocycles. The van der Waals surface area contributed by atoms with E-state index in [0.717, 1.165) is 32.1 Å². The number of phenols is 1. The average Bonchev–Trinajstić information content (AvgIpc) is 3.36. The molecule has 1 heterocycles. The molecule has 2 amide bonds. The molecule has 150 valence electrons. The Hall–Kier alpha value is -2.97. The van der Waals surface area contributed by atoms with Crippen molar-refractivity contribution in [1.29, 1.82) is 0 Å². The molecule has 0 unspecified atom stereocenters. The molecule has 3 rings (SSSR count). The Balaban J connectivity index is 1.66. The third-order valence-corrected chi connectivity index (χ3v) is 5.11. The molecule has 28 heavy (non-hydrogen) atoms. The maximum Gasteiger partial charge on any atom is 0.252 e. The zero-order valence-electron chi connectivity index (χ0n) is 15.9. The summed E-state index contributed by atoms with van der Waals surface area (Å²) in [5, 5.41) is 29.6. The normalized spacial score (nSPS) is 19.9. The van der Waals surface area contributed by atoms with Gasteiger partial charge in [0, 0.05) is 17.5 Å². The zero-order valence-corrected chi connectivity index (χ0v) is 15.9. The Morgan fingerprint density at radius 1 is 1.36 bits per heavy atom. The zero-order chi connectivity index (χ0) is 19.9. The van der Waals surface area contributed by atoms with E-state index in [1.807, 2.05) is 6.92 Å². The van der Waals surface area contributed by atoms with Crippen LogP contribution in [-0.2, 0) is 4.79 Å². The molecule has 1 fully saturated rings. The van der Waals surface area contributed by atoms with Crippen molar-refractivity contribution >= 4 is 11.8 Å². The van der Waals surface area contributed by atoms with E-state index in [9.17, 15) is 14.7 Å². The number of aromatic hydroxyl groups is 1. The fourth-order valence-corrected chi connectivity index (χ4v) is 3.62.